The highest BCUT2D eigenvalue weighted by atomic mass is 35.5. The standard InChI is InChI=1S/C28H23ClFN7/c1-37(2)15-25-34-23-10-8-18(12-24(23)35-25)33-28-32-14-16-13-31-27(20-5-3-4-6-22(20)30)21-11-17(29)7-9-19(21)26(16)36-28/h3-12,14H,13,15H2,1-2H3,(H,34,35)(H,32,33,36). The lowest BCUT2D eigenvalue weighted by molar-refractivity contribution is 0.392. The average molecular weight is 512 g/mol. The van der Waals surface area contributed by atoms with Gasteiger partial charge in [0.1, 0.15) is 11.6 Å². The molecular formula is C28H23ClFN7. The Morgan fingerprint density at radius 1 is 1.00 bits per heavy atom. The topological polar surface area (TPSA) is 82.1 Å². The molecule has 1 aliphatic rings. The molecule has 9 heteroatoms. The number of benzene rings is 3. The molecule has 0 aliphatic carbocycles. The van der Waals surface area contributed by atoms with E-state index in [0.29, 0.717) is 28.8 Å². The molecule has 5 aromatic rings. The summed E-state index contributed by atoms with van der Waals surface area (Å²) < 4.78 is 14.8. The summed E-state index contributed by atoms with van der Waals surface area (Å²) in [6.45, 7) is 1.05. The van der Waals surface area contributed by atoms with E-state index in [9.17, 15) is 4.39 Å². The molecule has 3 aromatic carbocycles. The lowest BCUT2D eigenvalue weighted by Gasteiger charge is -2.13. The maximum Gasteiger partial charge on any atom is 0.227 e. The van der Waals surface area contributed by atoms with Crippen LogP contribution >= 0.6 is 11.6 Å². The van der Waals surface area contributed by atoms with Crippen LogP contribution in [0.1, 0.15) is 22.5 Å². The zero-order chi connectivity index (χ0) is 25.5. The molecule has 184 valence electrons. The molecule has 0 saturated heterocycles. The summed E-state index contributed by atoms with van der Waals surface area (Å²) in [6.07, 6.45) is 1.76. The Morgan fingerprint density at radius 3 is 2.70 bits per heavy atom. The third kappa shape index (κ3) is 4.57. The van der Waals surface area contributed by atoms with Crippen molar-refractivity contribution in [2.75, 3.05) is 19.4 Å². The maximum absolute atomic E-state index is 14.8. The van der Waals surface area contributed by atoms with Crippen LogP contribution in [0, 0.1) is 5.82 Å². The molecule has 37 heavy (non-hydrogen) atoms. The Bertz CT molecular complexity index is 1680. The highest BCUT2D eigenvalue weighted by Gasteiger charge is 2.23. The van der Waals surface area contributed by atoms with Crippen LogP contribution in [0.3, 0.4) is 0 Å². The highest BCUT2D eigenvalue weighted by Crippen LogP contribution is 2.34. The number of nitrogens with zero attached hydrogens (tertiary/aromatic N) is 5. The van der Waals surface area contributed by atoms with Gasteiger partial charge in [0.25, 0.3) is 0 Å². The normalized spacial score (nSPS) is 12.7. The van der Waals surface area contributed by atoms with Crippen LogP contribution in [0.25, 0.3) is 22.3 Å². The first-order valence-corrected chi connectivity index (χ1v) is 12.2. The van der Waals surface area contributed by atoms with Crippen molar-refractivity contribution in [3.8, 4) is 11.3 Å². The van der Waals surface area contributed by atoms with E-state index in [1.807, 2.05) is 44.4 Å². The second-order valence-electron chi connectivity index (χ2n) is 9.18. The Labute approximate surface area is 218 Å². The number of aromatic amines is 1. The molecule has 0 radical (unpaired) electrons. The lowest BCUT2D eigenvalue weighted by Crippen LogP contribution is -2.11. The predicted molar refractivity (Wildman–Crippen MR) is 145 cm³/mol. The maximum atomic E-state index is 14.8. The van der Waals surface area contributed by atoms with Gasteiger partial charge in [0.2, 0.25) is 5.95 Å². The summed E-state index contributed by atoms with van der Waals surface area (Å²) in [4.78, 5) is 24.2. The van der Waals surface area contributed by atoms with Gasteiger partial charge in [-0.1, -0.05) is 29.8 Å². The van der Waals surface area contributed by atoms with Crippen molar-refractivity contribution in [1.82, 2.24) is 24.8 Å². The van der Waals surface area contributed by atoms with Crippen molar-refractivity contribution in [3.63, 3.8) is 0 Å². The number of hydrogen-bond donors (Lipinski definition) is 2. The highest BCUT2D eigenvalue weighted by molar-refractivity contribution is 6.31. The van der Waals surface area contributed by atoms with Crippen molar-refractivity contribution >= 4 is 40.0 Å². The smallest absolute Gasteiger partial charge is 0.227 e. The van der Waals surface area contributed by atoms with Crippen LogP contribution in [0.15, 0.2) is 71.9 Å². The number of anilines is 2. The molecule has 0 atom stereocenters. The third-order valence-electron chi connectivity index (χ3n) is 6.15. The summed E-state index contributed by atoms with van der Waals surface area (Å²) in [7, 11) is 4.01. The lowest BCUT2D eigenvalue weighted by atomic mass is 9.95. The summed E-state index contributed by atoms with van der Waals surface area (Å²) in [5.41, 5.74) is 6.75. The Balaban J connectivity index is 1.38. The minimum Gasteiger partial charge on any atom is -0.341 e. The van der Waals surface area contributed by atoms with E-state index in [2.05, 4.69) is 25.2 Å². The molecule has 0 amide bonds. The van der Waals surface area contributed by atoms with Crippen molar-refractivity contribution < 1.29 is 4.39 Å². The molecule has 7 nitrogen and oxygen atoms in total. The fourth-order valence-corrected chi connectivity index (χ4v) is 4.68. The second kappa shape index (κ2) is 9.38. The van der Waals surface area contributed by atoms with E-state index in [1.54, 1.807) is 30.5 Å². The molecule has 2 aromatic heterocycles. The number of nitrogens with one attached hydrogen (secondary N) is 2. The van der Waals surface area contributed by atoms with Gasteiger partial charge in [-0.2, -0.15) is 0 Å². The molecule has 3 heterocycles. The zero-order valence-electron chi connectivity index (χ0n) is 20.3. The fourth-order valence-electron chi connectivity index (χ4n) is 4.51. The number of aromatic nitrogens is 4. The summed E-state index contributed by atoms with van der Waals surface area (Å²) in [5, 5.41) is 3.85. The zero-order valence-corrected chi connectivity index (χ0v) is 21.0. The molecular weight excluding hydrogens is 489 g/mol. The summed E-state index contributed by atoms with van der Waals surface area (Å²) in [6, 6.07) is 18.0. The molecule has 0 unspecified atom stereocenters. The molecule has 0 bridgehead atoms. The third-order valence-corrected chi connectivity index (χ3v) is 6.38. The van der Waals surface area contributed by atoms with E-state index >= 15 is 0 Å². The van der Waals surface area contributed by atoms with E-state index < -0.39 is 0 Å². The quantitative estimate of drug-likeness (QED) is 0.304. The first kappa shape index (κ1) is 23.3. The fraction of sp³-hybridized carbons (Fsp3) is 0.143. The number of rotatable bonds is 5. The van der Waals surface area contributed by atoms with Crippen LogP contribution < -0.4 is 5.32 Å². The van der Waals surface area contributed by atoms with E-state index in [4.69, 9.17) is 21.6 Å². The van der Waals surface area contributed by atoms with E-state index in [-0.39, 0.29) is 5.82 Å². The monoisotopic (exact) mass is 511 g/mol. The van der Waals surface area contributed by atoms with Crippen LogP contribution in [0.2, 0.25) is 5.02 Å². The summed E-state index contributed by atoms with van der Waals surface area (Å²) >= 11 is 6.36. The van der Waals surface area contributed by atoms with Gasteiger partial charge >= 0.3 is 0 Å². The first-order valence-electron chi connectivity index (χ1n) is 11.8. The van der Waals surface area contributed by atoms with Crippen LogP contribution in [-0.2, 0) is 13.1 Å². The van der Waals surface area contributed by atoms with Gasteiger partial charge in [-0.25, -0.2) is 19.3 Å². The summed E-state index contributed by atoms with van der Waals surface area (Å²) in [5.74, 6) is 1.01. The number of halogens is 2. The van der Waals surface area contributed by atoms with E-state index in [0.717, 1.165) is 51.5 Å². The molecule has 0 spiro atoms. The number of imidazole rings is 1. The number of fused-ring (bicyclic) bond motifs is 4. The van der Waals surface area contributed by atoms with Crippen molar-refractivity contribution in [3.05, 3.63) is 100 Å². The predicted octanol–water partition coefficient (Wildman–Crippen LogP) is 5.97. The Morgan fingerprint density at radius 2 is 1.86 bits per heavy atom. The van der Waals surface area contributed by atoms with Gasteiger partial charge in [0.05, 0.1) is 35.5 Å². The van der Waals surface area contributed by atoms with Crippen LogP contribution in [0.4, 0.5) is 16.0 Å². The van der Waals surface area contributed by atoms with Crippen LogP contribution in [0.5, 0.6) is 0 Å². The van der Waals surface area contributed by atoms with Gasteiger partial charge < -0.3 is 15.2 Å². The minimum absolute atomic E-state index is 0.320. The van der Waals surface area contributed by atoms with Gasteiger partial charge in [-0.3, -0.25) is 4.99 Å². The minimum atomic E-state index is -0.338. The van der Waals surface area contributed by atoms with Crippen molar-refractivity contribution in [2.45, 2.75) is 13.1 Å². The van der Waals surface area contributed by atoms with Crippen molar-refractivity contribution in [1.29, 1.82) is 0 Å². The van der Waals surface area contributed by atoms with Gasteiger partial charge in [0, 0.05) is 39.2 Å². The Kier molecular flexibility index (Phi) is 5.90. The number of aliphatic imine (C=N–C) groups is 1. The number of hydrogen-bond acceptors (Lipinski definition) is 6. The largest absolute Gasteiger partial charge is 0.341 e. The molecule has 0 fully saturated rings. The molecule has 0 saturated carbocycles. The Hall–Kier alpha value is -4.14. The van der Waals surface area contributed by atoms with Crippen molar-refractivity contribution in [2.24, 2.45) is 4.99 Å². The SMILES string of the molecule is CN(C)Cc1nc2ccc(Nc3ncc4c(n3)-c3ccc(Cl)cc3C(c3ccccc3F)=NC4)cc2[nH]1. The molecule has 1 aliphatic heterocycles. The number of H-pyrrole nitrogens is 1. The van der Waals surface area contributed by atoms with Gasteiger partial charge in [0.15, 0.2) is 0 Å². The van der Waals surface area contributed by atoms with Gasteiger partial charge in [-0.05, 0) is 56.6 Å². The van der Waals surface area contributed by atoms with E-state index in [1.165, 1.54) is 6.07 Å². The second-order valence-corrected chi connectivity index (χ2v) is 9.62. The van der Waals surface area contributed by atoms with Gasteiger partial charge in [-0.15, -0.1) is 0 Å². The molecule has 6 rings (SSSR count). The first-order chi connectivity index (χ1) is 17.9. The average Bonchev–Trinajstić information content (AvgIpc) is 3.19. The molecule has 2 N–H and O–H groups in total. The van der Waals surface area contributed by atoms with Crippen LogP contribution in [-0.4, -0.2) is 44.6 Å².